The predicted octanol–water partition coefficient (Wildman–Crippen LogP) is 4.08. The average molecular weight is 417 g/mol. The van der Waals surface area contributed by atoms with Crippen molar-refractivity contribution in [3.8, 4) is 0 Å². The number of carbonyl (C=O) groups excluding carboxylic acids is 3. The van der Waals surface area contributed by atoms with Crippen LogP contribution in [-0.2, 0) is 11.2 Å². The molecule has 1 saturated heterocycles. The van der Waals surface area contributed by atoms with E-state index in [1.807, 2.05) is 35.2 Å². The lowest BCUT2D eigenvalue weighted by atomic mass is 9.78. The zero-order valence-corrected chi connectivity index (χ0v) is 17.7. The molecule has 160 valence electrons. The topological polar surface area (TPSA) is 57.7 Å². The van der Waals surface area contributed by atoms with Crippen LogP contribution in [0.1, 0.15) is 64.8 Å². The normalized spacial score (nSPS) is 24.0. The van der Waals surface area contributed by atoms with Crippen molar-refractivity contribution in [3.05, 3.63) is 71.3 Å². The number of likely N-dealkylation sites (tertiary alicyclic amines) is 1. The third-order valence-corrected chi connectivity index (χ3v) is 7.22. The molecule has 0 unspecified atom stereocenters. The van der Waals surface area contributed by atoms with Crippen molar-refractivity contribution in [2.45, 2.75) is 57.0 Å². The lowest BCUT2D eigenvalue weighted by Crippen LogP contribution is -2.58. The van der Waals surface area contributed by atoms with Crippen molar-refractivity contribution in [2.24, 2.45) is 5.92 Å². The van der Waals surface area contributed by atoms with E-state index in [-0.39, 0.29) is 23.8 Å². The number of carbonyl (C=O) groups is 3. The van der Waals surface area contributed by atoms with E-state index in [2.05, 4.69) is 0 Å². The first-order valence-electron chi connectivity index (χ1n) is 11.5. The van der Waals surface area contributed by atoms with Crippen molar-refractivity contribution in [3.63, 3.8) is 0 Å². The van der Waals surface area contributed by atoms with Gasteiger partial charge in [-0.2, -0.15) is 0 Å². The van der Waals surface area contributed by atoms with Gasteiger partial charge in [-0.1, -0.05) is 55.3 Å². The number of hydrogen-bond acceptors (Lipinski definition) is 3. The summed E-state index contributed by atoms with van der Waals surface area (Å²) in [5.74, 6) is -0.236. The molecular weight excluding hydrogens is 388 g/mol. The second kappa shape index (κ2) is 8.29. The summed E-state index contributed by atoms with van der Waals surface area (Å²) in [6.07, 6.45) is 7.08. The van der Waals surface area contributed by atoms with E-state index in [1.165, 1.54) is 24.2 Å². The van der Waals surface area contributed by atoms with Crippen LogP contribution in [0.5, 0.6) is 0 Å². The van der Waals surface area contributed by atoms with E-state index < -0.39 is 6.04 Å². The number of amides is 3. The van der Waals surface area contributed by atoms with Gasteiger partial charge in [-0.05, 0) is 49.3 Å². The number of imide groups is 1. The highest BCUT2D eigenvalue weighted by molar-refractivity contribution is 6.22. The van der Waals surface area contributed by atoms with Gasteiger partial charge in [-0.25, -0.2) is 0 Å². The van der Waals surface area contributed by atoms with Gasteiger partial charge in [0.1, 0.15) is 6.04 Å². The maximum absolute atomic E-state index is 14.0. The van der Waals surface area contributed by atoms with Crippen molar-refractivity contribution in [2.75, 3.05) is 6.54 Å². The molecular formula is C26H28N2O3. The van der Waals surface area contributed by atoms with Crippen LogP contribution in [0.25, 0.3) is 0 Å². The first kappa shape index (κ1) is 20.0. The Labute approximate surface area is 183 Å². The lowest BCUT2D eigenvalue weighted by Gasteiger charge is -2.45. The highest BCUT2D eigenvalue weighted by Gasteiger charge is 2.46. The molecule has 2 fully saturated rings. The zero-order valence-electron chi connectivity index (χ0n) is 17.7. The molecule has 0 radical (unpaired) electrons. The summed E-state index contributed by atoms with van der Waals surface area (Å²) in [4.78, 5) is 43.7. The van der Waals surface area contributed by atoms with Crippen LogP contribution in [0.2, 0.25) is 0 Å². The van der Waals surface area contributed by atoms with Crippen LogP contribution in [0.4, 0.5) is 0 Å². The maximum Gasteiger partial charge on any atom is 0.262 e. The van der Waals surface area contributed by atoms with Crippen LogP contribution in [0, 0.1) is 5.92 Å². The summed E-state index contributed by atoms with van der Waals surface area (Å²) >= 11 is 0. The van der Waals surface area contributed by atoms with Crippen LogP contribution >= 0.6 is 0 Å². The van der Waals surface area contributed by atoms with Crippen LogP contribution in [0.3, 0.4) is 0 Å². The molecule has 5 nitrogen and oxygen atoms in total. The molecule has 2 heterocycles. The predicted molar refractivity (Wildman–Crippen MR) is 118 cm³/mol. The smallest absolute Gasteiger partial charge is 0.262 e. The molecule has 5 rings (SSSR count). The van der Waals surface area contributed by atoms with Gasteiger partial charge < -0.3 is 4.90 Å². The summed E-state index contributed by atoms with van der Waals surface area (Å²) < 4.78 is 0. The average Bonchev–Trinajstić information content (AvgIpc) is 3.07. The zero-order chi connectivity index (χ0) is 21.4. The van der Waals surface area contributed by atoms with E-state index in [0.29, 0.717) is 30.0 Å². The molecule has 2 aromatic rings. The summed E-state index contributed by atoms with van der Waals surface area (Å²) in [6, 6.07) is 16.0. The van der Waals surface area contributed by atoms with Gasteiger partial charge >= 0.3 is 0 Å². The quantitative estimate of drug-likeness (QED) is 0.706. The van der Waals surface area contributed by atoms with Gasteiger partial charge in [-0.15, -0.1) is 0 Å². The van der Waals surface area contributed by atoms with Crippen molar-refractivity contribution in [1.29, 1.82) is 0 Å². The Bertz CT molecular complexity index is 966. The molecule has 2 aliphatic heterocycles. The standard InChI is InChI=1S/C26H28N2O3/c29-24-20-13-5-6-14-21(20)25(30)28(24)23(17-18-9-2-1-3-10-18)26(31)27-16-8-12-19-11-4-7-15-22(19)27/h1-3,5-6,9-10,13-14,19,22-23H,4,7-8,11-12,15-17H2/t19-,22+,23-/m0/s1. The van der Waals surface area contributed by atoms with Crippen LogP contribution in [-0.4, -0.2) is 46.1 Å². The molecule has 31 heavy (non-hydrogen) atoms. The third-order valence-electron chi connectivity index (χ3n) is 7.22. The summed E-state index contributed by atoms with van der Waals surface area (Å²) in [6.45, 7) is 0.717. The Morgan fingerprint density at radius 2 is 1.45 bits per heavy atom. The molecule has 0 spiro atoms. The van der Waals surface area contributed by atoms with Crippen molar-refractivity contribution >= 4 is 17.7 Å². The van der Waals surface area contributed by atoms with E-state index in [1.54, 1.807) is 24.3 Å². The number of fused-ring (bicyclic) bond motifs is 2. The second-order valence-electron chi connectivity index (χ2n) is 9.02. The third kappa shape index (κ3) is 3.56. The fraction of sp³-hybridized carbons (Fsp3) is 0.423. The molecule has 3 aliphatic rings. The Balaban J connectivity index is 1.50. The van der Waals surface area contributed by atoms with Gasteiger partial charge in [0.05, 0.1) is 11.1 Å². The van der Waals surface area contributed by atoms with Gasteiger partial charge in [0.15, 0.2) is 0 Å². The Morgan fingerprint density at radius 1 is 0.839 bits per heavy atom. The van der Waals surface area contributed by atoms with Crippen molar-refractivity contribution < 1.29 is 14.4 Å². The van der Waals surface area contributed by atoms with Crippen LogP contribution < -0.4 is 0 Å². The Hall–Kier alpha value is -2.95. The molecule has 0 aromatic heterocycles. The van der Waals surface area contributed by atoms with E-state index in [9.17, 15) is 14.4 Å². The minimum Gasteiger partial charge on any atom is -0.338 e. The largest absolute Gasteiger partial charge is 0.338 e. The monoisotopic (exact) mass is 416 g/mol. The van der Waals surface area contributed by atoms with Gasteiger partial charge in [0.2, 0.25) is 5.91 Å². The number of hydrogen-bond donors (Lipinski definition) is 0. The molecule has 0 N–H and O–H groups in total. The number of nitrogens with zero attached hydrogens (tertiary/aromatic N) is 2. The molecule has 1 saturated carbocycles. The molecule has 1 aliphatic carbocycles. The van der Waals surface area contributed by atoms with Gasteiger partial charge in [-0.3, -0.25) is 19.3 Å². The van der Waals surface area contributed by atoms with E-state index in [0.717, 1.165) is 24.8 Å². The van der Waals surface area contributed by atoms with Crippen LogP contribution in [0.15, 0.2) is 54.6 Å². The summed E-state index contributed by atoms with van der Waals surface area (Å²) in [5, 5.41) is 0. The SMILES string of the molecule is O=C([C@H](Cc1ccccc1)N1C(=O)c2ccccc2C1=O)N1CCC[C@@H]2CCCC[C@H]21. The number of benzene rings is 2. The number of rotatable bonds is 4. The van der Waals surface area contributed by atoms with Crippen molar-refractivity contribution in [1.82, 2.24) is 9.80 Å². The first-order valence-corrected chi connectivity index (χ1v) is 11.5. The highest BCUT2D eigenvalue weighted by Crippen LogP contribution is 2.36. The molecule has 2 aromatic carbocycles. The maximum atomic E-state index is 14.0. The summed E-state index contributed by atoms with van der Waals surface area (Å²) in [7, 11) is 0. The molecule has 3 amide bonds. The minimum atomic E-state index is -0.810. The lowest BCUT2D eigenvalue weighted by molar-refractivity contribution is -0.141. The Morgan fingerprint density at radius 3 is 2.16 bits per heavy atom. The highest BCUT2D eigenvalue weighted by atomic mass is 16.2. The molecule has 5 heteroatoms. The first-order chi connectivity index (χ1) is 15.1. The van der Waals surface area contributed by atoms with E-state index >= 15 is 0 Å². The second-order valence-corrected chi connectivity index (χ2v) is 9.02. The Kier molecular flexibility index (Phi) is 5.34. The molecule has 0 bridgehead atoms. The summed E-state index contributed by atoms with van der Waals surface area (Å²) in [5.41, 5.74) is 1.75. The van der Waals surface area contributed by atoms with Gasteiger partial charge in [0, 0.05) is 19.0 Å². The molecule has 3 atom stereocenters. The number of piperidine rings is 1. The van der Waals surface area contributed by atoms with Gasteiger partial charge in [0.25, 0.3) is 11.8 Å². The minimum absolute atomic E-state index is 0.0741. The fourth-order valence-electron chi connectivity index (χ4n) is 5.71. The van der Waals surface area contributed by atoms with E-state index in [4.69, 9.17) is 0 Å². The fourth-order valence-corrected chi connectivity index (χ4v) is 5.71.